The number of esters is 1. The van der Waals surface area contributed by atoms with Crippen LogP contribution in [0.2, 0.25) is 0 Å². The van der Waals surface area contributed by atoms with E-state index in [0.717, 1.165) is 50.2 Å². The minimum Gasteiger partial charge on any atom is -0.456 e. The molecule has 0 aliphatic heterocycles. The Labute approximate surface area is 237 Å². The first-order valence-corrected chi connectivity index (χ1v) is 14.3. The van der Waals surface area contributed by atoms with Crippen molar-refractivity contribution in [2.45, 2.75) is 77.9 Å². The van der Waals surface area contributed by atoms with Crippen molar-refractivity contribution in [2.24, 2.45) is 5.73 Å². The summed E-state index contributed by atoms with van der Waals surface area (Å²) in [5.41, 5.74) is 8.21. The Balaban J connectivity index is 2.19. The molecule has 0 heterocycles. The maximum Gasteiger partial charge on any atom is 0.338 e. The fourth-order valence-corrected chi connectivity index (χ4v) is 4.64. The number of carbonyl (C=O) groups excluding carboxylic acids is 2. The van der Waals surface area contributed by atoms with Crippen LogP contribution in [0, 0.1) is 18.6 Å². The van der Waals surface area contributed by atoms with Crippen molar-refractivity contribution in [1.82, 2.24) is 10.2 Å². The third kappa shape index (κ3) is 11.3. The van der Waals surface area contributed by atoms with Crippen molar-refractivity contribution in [1.29, 1.82) is 0 Å². The van der Waals surface area contributed by atoms with Gasteiger partial charge in [-0.2, -0.15) is 0 Å². The van der Waals surface area contributed by atoms with Crippen LogP contribution in [-0.2, 0) is 11.2 Å². The van der Waals surface area contributed by atoms with E-state index in [4.69, 9.17) is 15.6 Å². The number of ether oxygens (including phenoxy) is 1. The lowest BCUT2D eigenvalue weighted by atomic mass is 10.0. The summed E-state index contributed by atoms with van der Waals surface area (Å²) in [5.74, 6) is -2.15. The Kier molecular flexibility index (Phi) is 14.8. The molecule has 0 radical (unpaired) electrons. The normalized spacial score (nSPS) is 12.7. The van der Waals surface area contributed by atoms with E-state index in [9.17, 15) is 18.4 Å². The molecule has 0 aliphatic carbocycles. The van der Waals surface area contributed by atoms with E-state index in [-0.39, 0.29) is 31.0 Å². The zero-order chi connectivity index (χ0) is 29.5. The Morgan fingerprint density at radius 3 is 2.20 bits per heavy atom. The highest BCUT2D eigenvalue weighted by molar-refractivity contribution is 5.98. The monoisotopic (exact) mass is 561 g/mol. The van der Waals surface area contributed by atoms with Crippen molar-refractivity contribution in [3.8, 4) is 0 Å². The smallest absolute Gasteiger partial charge is 0.338 e. The van der Waals surface area contributed by atoms with Crippen molar-refractivity contribution in [2.75, 3.05) is 32.8 Å². The molecular formula is C31H45F2N3O4. The fourth-order valence-electron chi connectivity index (χ4n) is 4.64. The number of aryl methyl sites for hydroxylation is 1. The number of benzene rings is 2. The van der Waals surface area contributed by atoms with Gasteiger partial charge in [-0.3, -0.25) is 4.79 Å². The highest BCUT2D eigenvalue weighted by Gasteiger charge is 2.25. The molecule has 0 fully saturated rings. The van der Waals surface area contributed by atoms with Gasteiger partial charge in [-0.25, -0.2) is 13.6 Å². The molecule has 2 rings (SSSR count). The standard InChI is InChI=1S/C31H45F2N3O4/c1-4-11-36(12-5-2)30(38)24-14-22(3)15-25(19-24)31(39)40-29(21-35-10-8-6-7-9-13-37)28(34)18-23-16-26(32)20-27(33)17-23/h14-17,19-20,28-29,35,37H,4-13,18,21,34H2,1-3H3/t28-,29+/m0/s1. The lowest BCUT2D eigenvalue weighted by Gasteiger charge is -2.25. The summed E-state index contributed by atoms with van der Waals surface area (Å²) in [7, 11) is 0. The number of aliphatic hydroxyl groups is 1. The van der Waals surface area contributed by atoms with Crippen molar-refractivity contribution in [3.63, 3.8) is 0 Å². The van der Waals surface area contributed by atoms with Gasteiger partial charge in [0.1, 0.15) is 17.7 Å². The molecule has 0 aromatic heterocycles. The van der Waals surface area contributed by atoms with Crippen molar-refractivity contribution in [3.05, 3.63) is 70.3 Å². The van der Waals surface area contributed by atoms with E-state index >= 15 is 0 Å². The number of carbonyl (C=O) groups is 2. The predicted molar refractivity (Wildman–Crippen MR) is 153 cm³/mol. The summed E-state index contributed by atoms with van der Waals surface area (Å²) in [5, 5.41) is 12.2. The zero-order valence-corrected chi connectivity index (χ0v) is 24.1. The minimum atomic E-state index is -0.785. The number of unbranched alkanes of at least 4 members (excludes halogenated alkanes) is 3. The highest BCUT2D eigenvalue weighted by atomic mass is 19.1. The molecule has 2 aromatic rings. The first kappa shape index (κ1) is 33.3. The number of nitrogens with zero attached hydrogens (tertiary/aromatic N) is 1. The Bertz CT molecular complexity index is 1060. The topological polar surface area (TPSA) is 105 Å². The van der Waals surface area contributed by atoms with Gasteiger partial charge in [0, 0.05) is 43.9 Å². The molecule has 9 heteroatoms. The van der Waals surface area contributed by atoms with E-state index in [0.29, 0.717) is 30.8 Å². The van der Waals surface area contributed by atoms with E-state index < -0.39 is 29.7 Å². The number of halogens is 2. The number of nitrogens with one attached hydrogen (secondary N) is 1. The van der Waals surface area contributed by atoms with Gasteiger partial charge in [-0.15, -0.1) is 0 Å². The molecule has 2 aromatic carbocycles. The van der Waals surface area contributed by atoms with Crippen LogP contribution in [0.3, 0.4) is 0 Å². The van der Waals surface area contributed by atoms with Crippen molar-refractivity contribution < 1.29 is 28.2 Å². The summed E-state index contributed by atoms with van der Waals surface area (Å²) in [6.07, 6.45) is 4.47. The zero-order valence-electron chi connectivity index (χ0n) is 24.1. The lowest BCUT2D eigenvalue weighted by Crippen LogP contribution is -2.46. The molecule has 2 atom stereocenters. The third-order valence-electron chi connectivity index (χ3n) is 6.57. The lowest BCUT2D eigenvalue weighted by molar-refractivity contribution is 0.0239. The first-order chi connectivity index (χ1) is 19.2. The van der Waals surface area contributed by atoms with Crippen LogP contribution in [0.1, 0.15) is 84.2 Å². The van der Waals surface area contributed by atoms with Gasteiger partial charge in [0.25, 0.3) is 5.91 Å². The molecule has 0 saturated heterocycles. The van der Waals surface area contributed by atoms with Crippen LogP contribution in [0.15, 0.2) is 36.4 Å². The Hall–Kier alpha value is -2.88. The molecule has 0 spiro atoms. The number of hydrogen-bond acceptors (Lipinski definition) is 6. The first-order valence-electron chi connectivity index (χ1n) is 14.3. The van der Waals surface area contributed by atoms with E-state index in [1.54, 1.807) is 23.1 Å². The average Bonchev–Trinajstić information content (AvgIpc) is 2.90. The number of hydrogen-bond donors (Lipinski definition) is 3. The molecule has 40 heavy (non-hydrogen) atoms. The third-order valence-corrected chi connectivity index (χ3v) is 6.57. The molecule has 1 amide bonds. The summed E-state index contributed by atoms with van der Waals surface area (Å²) in [6, 6.07) is 7.47. The Morgan fingerprint density at radius 2 is 1.57 bits per heavy atom. The van der Waals surface area contributed by atoms with E-state index in [2.05, 4.69) is 5.32 Å². The molecule has 0 unspecified atom stereocenters. The van der Waals surface area contributed by atoms with Crippen LogP contribution in [0.4, 0.5) is 8.78 Å². The molecule has 0 bridgehead atoms. The van der Waals surface area contributed by atoms with Gasteiger partial charge < -0.3 is 25.8 Å². The molecule has 0 aliphatic rings. The van der Waals surface area contributed by atoms with Crippen molar-refractivity contribution >= 4 is 11.9 Å². The van der Waals surface area contributed by atoms with Gasteiger partial charge in [-0.05, 0) is 87.0 Å². The molecular weight excluding hydrogens is 516 g/mol. The summed E-state index contributed by atoms with van der Waals surface area (Å²) < 4.78 is 33.4. The van der Waals surface area contributed by atoms with Gasteiger partial charge in [0.05, 0.1) is 5.56 Å². The van der Waals surface area contributed by atoms with Crippen LogP contribution in [-0.4, -0.2) is 66.8 Å². The highest BCUT2D eigenvalue weighted by Crippen LogP contribution is 2.17. The second-order valence-electron chi connectivity index (χ2n) is 10.3. The van der Waals surface area contributed by atoms with Gasteiger partial charge >= 0.3 is 5.97 Å². The molecule has 222 valence electrons. The van der Waals surface area contributed by atoms with Gasteiger partial charge in [0.2, 0.25) is 0 Å². The van der Waals surface area contributed by atoms with Gasteiger partial charge in [-0.1, -0.05) is 26.7 Å². The average molecular weight is 562 g/mol. The summed E-state index contributed by atoms with van der Waals surface area (Å²) in [4.78, 5) is 28.3. The largest absolute Gasteiger partial charge is 0.456 e. The molecule has 7 nitrogen and oxygen atoms in total. The summed E-state index contributed by atoms with van der Waals surface area (Å²) in [6.45, 7) is 8.19. The second-order valence-corrected chi connectivity index (χ2v) is 10.3. The van der Waals surface area contributed by atoms with Gasteiger partial charge in [0.15, 0.2) is 0 Å². The van der Waals surface area contributed by atoms with E-state index in [1.807, 2.05) is 20.8 Å². The second kappa shape index (κ2) is 17.7. The summed E-state index contributed by atoms with van der Waals surface area (Å²) >= 11 is 0. The number of amides is 1. The number of aliphatic hydroxyl groups excluding tert-OH is 1. The van der Waals surface area contributed by atoms with Crippen LogP contribution >= 0.6 is 0 Å². The minimum absolute atomic E-state index is 0.103. The van der Waals surface area contributed by atoms with Crippen LogP contribution in [0.5, 0.6) is 0 Å². The van der Waals surface area contributed by atoms with Crippen LogP contribution < -0.4 is 11.1 Å². The quantitative estimate of drug-likeness (QED) is 0.179. The number of rotatable bonds is 18. The number of nitrogens with two attached hydrogens (primary N) is 1. The maximum absolute atomic E-state index is 13.8. The fraction of sp³-hybridized carbons (Fsp3) is 0.548. The Morgan fingerprint density at radius 1 is 0.950 bits per heavy atom. The molecule has 4 N–H and O–H groups in total. The van der Waals surface area contributed by atoms with E-state index in [1.165, 1.54) is 12.1 Å². The maximum atomic E-state index is 13.8. The SMILES string of the molecule is CCCN(CCC)C(=O)c1cc(C)cc(C(=O)O[C@H](CNCCCCCCO)[C@@H](N)Cc2cc(F)cc(F)c2)c1. The molecule has 0 saturated carbocycles. The van der Waals surface area contributed by atoms with Crippen LogP contribution in [0.25, 0.3) is 0 Å². The predicted octanol–water partition coefficient (Wildman–Crippen LogP) is 4.77.